The van der Waals surface area contributed by atoms with Crippen LogP contribution in [0.4, 0.5) is 0 Å². The van der Waals surface area contributed by atoms with Crippen molar-refractivity contribution in [3.8, 4) is 0 Å². The number of aliphatic hydroxyl groups is 16. The molecule has 6 aliphatic rings. The number of carbonyl (C=O) groups is 3. The van der Waals surface area contributed by atoms with Crippen molar-refractivity contribution in [1.29, 1.82) is 0 Å². The summed E-state index contributed by atoms with van der Waals surface area (Å²) < 4.78 is 98.4. The van der Waals surface area contributed by atoms with E-state index in [1.54, 1.807) is 0 Å². The second-order valence-electron chi connectivity index (χ2n) is 19.5. The number of ether oxygens (including phenoxy) is 11. The first-order chi connectivity index (χ1) is 37.5. The van der Waals surface area contributed by atoms with Gasteiger partial charge >= 0.3 is 10.4 Å². The average molecular weight is 1190 g/mol. The molecule has 464 valence electrons. The highest BCUT2D eigenvalue weighted by Crippen LogP contribution is 2.36. The topological polar surface area (TPSA) is 576 Å². The summed E-state index contributed by atoms with van der Waals surface area (Å²) in [5, 5.41) is 180. The van der Waals surface area contributed by atoms with E-state index in [9.17, 15) is 105 Å². The Labute approximate surface area is 453 Å². The number of carbonyl (C=O) groups excluding carboxylic acids is 3. The average Bonchev–Trinajstić information content (AvgIpc) is 3.39. The van der Waals surface area contributed by atoms with Crippen LogP contribution in [0.5, 0.6) is 0 Å². The molecule has 0 aromatic heterocycles. The lowest BCUT2D eigenvalue weighted by atomic mass is 9.94. The van der Waals surface area contributed by atoms with Gasteiger partial charge in [0.25, 0.3) is 0 Å². The van der Waals surface area contributed by atoms with Crippen LogP contribution in [0.3, 0.4) is 0 Å². The van der Waals surface area contributed by atoms with Gasteiger partial charge in [-0.25, -0.2) is 4.18 Å². The molecule has 0 aliphatic carbocycles. The SMILES string of the molecule is CC(=O)N[C@H]1[C@H](O[C@H]2[C@@H](O)[C@@H](CO)O[C@@H](O[C@H]3[C@H](O)[C@@H](NC(C)=O)[C@H](OC[C@H]4OC(O)[C@H](NC(C)=O)[C@@H](O[C@@H]5O[C@H](COS(=O)(=O)O)[C@H](O)[C@H](O)[C@H]5O)[C@H]4O)O[C@@H]3CO)[C@@H]2O)O[C@H](CO)[C@@H](O[C@@H]2O[C@H](CO)[C@H](O)[C@H](O)[C@H]2O)[C@@H]1O. The molecule has 0 bridgehead atoms. The van der Waals surface area contributed by atoms with Crippen molar-refractivity contribution < 1.29 is 165 Å². The Morgan fingerprint density at radius 2 is 0.750 bits per heavy atom. The molecule has 0 radical (unpaired) electrons. The van der Waals surface area contributed by atoms with Crippen LogP contribution in [-0.4, -0.2) is 336 Å². The minimum atomic E-state index is -5.13. The van der Waals surface area contributed by atoms with E-state index in [1.165, 1.54) is 0 Å². The molecule has 1 unspecified atom stereocenters. The maximum Gasteiger partial charge on any atom is 0.397 e. The fourth-order valence-electron chi connectivity index (χ4n) is 9.76. The zero-order valence-corrected chi connectivity index (χ0v) is 43.3. The standard InChI is InChI=1S/C42H71N3O34S/c1-10(50)43-19-26(57)33(15(6-48)73-38(19)68-8-17-25(56)35(21(37(64)70-17)45-12(3)52)78-41-31(62)29(60)23(54)18(75-41)9-69-80(65,66)67)77-42-32(63)36(24(55)14(5-47)72-42)79-39-20(44-11(2)51)27(58)34(16(7-49)74-39)76-40-30(61)28(59)22(53)13(4-46)71-40/h13-42,46-49,53-64H,4-9H2,1-3H3,(H,43,50)(H,44,51)(H,45,52)(H,65,66,67)/t13-,14-,15-,16-,17-,18-,19-,20-,21-,22+,23+,24+,25+,26-,27-,28+,29+,30-,31-,32-,33-,34-,35-,36+,37?,38-,39+,40+,41+,42+/m1/s1. The van der Waals surface area contributed by atoms with E-state index in [0.29, 0.717) is 0 Å². The van der Waals surface area contributed by atoms with Gasteiger partial charge in [0.05, 0.1) is 39.6 Å². The maximum absolute atomic E-state index is 12.6. The third kappa shape index (κ3) is 15.4. The molecule has 6 aliphatic heterocycles. The Balaban J connectivity index is 1.18. The Morgan fingerprint density at radius 3 is 1.23 bits per heavy atom. The summed E-state index contributed by atoms with van der Waals surface area (Å²) in [6.07, 6.45) is -52.2. The summed E-state index contributed by atoms with van der Waals surface area (Å²) in [5.74, 6) is -2.52. The molecule has 0 aromatic carbocycles. The van der Waals surface area contributed by atoms with Crippen molar-refractivity contribution in [3.05, 3.63) is 0 Å². The lowest BCUT2D eigenvalue weighted by Crippen LogP contribution is -2.70. The van der Waals surface area contributed by atoms with Gasteiger partial charge in [-0.05, 0) is 0 Å². The van der Waals surface area contributed by atoms with Gasteiger partial charge in [0.2, 0.25) is 17.7 Å². The summed E-state index contributed by atoms with van der Waals surface area (Å²) in [5.41, 5.74) is 0. The van der Waals surface area contributed by atoms with E-state index in [4.69, 9.17) is 56.7 Å². The molecule has 6 heterocycles. The van der Waals surface area contributed by atoms with Crippen molar-refractivity contribution in [3.63, 3.8) is 0 Å². The fraction of sp³-hybridized carbons (Fsp3) is 0.929. The van der Waals surface area contributed by atoms with Crippen LogP contribution in [0, 0.1) is 0 Å². The second-order valence-corrected chi connectivity index (χ2v) is 20.6. The van der Waals surface area contributed by atoms with Gasteiger partial charge in [-0.2, -0.15) is 8.42 Å². The molecule has 6 rings (SSSR count). The van der Waals surface area contributed by atoms with E-state index in [2.05, 4.69) is 20.1 Å². The third-order valence-corrected chi connectivity index (χ3v) is 14.3. The van der Waals surface area contributed by atoms with Gasteiger partial charge in [-0.1, -0.05) is 0 Å². The molecule has 6 fully saturated rings. The van der Waals surface area contributed by atoms with Gasteiger partial charge in [0.1, 0.15) is 146 Å². The number of hydrogen-bond acceptors (Lipinski definition) is 33. The molecule has 20 N–H and O–H groups in total. The van der Waals surface area contributed by atoms with E-state index in [-0.39, 0.29) is 0 Å². The van der Waals surface area contributed by atoms with Crippen LogP contribution >= 0.6 is 0 Å². The number of nitrogens with one attached hydrogen (secondary N) is 3. The monoisotopic (exact) mass is 1190 g/mol. The summed E-state index contributed by atoms with van der Waals surface area (Å²) in [6.45, 7) is -3.00. The number of aliphatic hydroxyl groups excluding tert-OH is 16. The second kappa shape index (κ2) is 28.4. The quantitative estimate of drug-likeness (QED) is 0.0475. The zero-order chi connectivity index (χ0) is 59.4. The Bertz CT molecular complexity index is 2130. The highest BCUT2D eigenvalue weighted by molar-refractivity contribution is 7.80. The summed E-state index contributed by atoms with van der Waals surface area (Å²) in [6, 6.07) is -5.20. The Hall–Kier alpha value is -2.80. The molecule has 0 spiro atoms. The molecule has 0 saturated carbocycles. The van der Waals surface area contributed by atoms with Crippen LogP contribution in [0.15, 0.2) is 0 Å². The normalized spacial score (nSPS) is 46.5. The van der Waals surface area contributed by atoms with Crippen molar-refractivity contribution in [2.75, 3.05) is 39.6 Å². The summed E-state index contributed by atoms with van der Waals surface area (Å²) in [7, 11) is -5.13. The Kier molecular flexibility index (Phi) is 23.5. The number of rotatable bonds is 21. The highest BCUT2D eigenvalue weighted by atomic mass is 32.3. The number of hydrogen-bond donors (Lipinski definition) is 20. The zero-order valence-electron chi connectivity index (χ0n) is 42.5. The number of amides is 3. The van der Waals surface area contributed by atoms with Crippen LogP contribution < -0.4 is 16.0 Å². The van der Waals surface area contributed by atoms with Gasteiger partial charge in [-0.15, -0.1) is 0 Å². The van der Waals surface area contributed by atoms with E-state index in [0.717, 1.165) is 20.8 Å². The van der Waals surface area contributed by atoms with Crippen LogP contribution in [-0.2, 0) is 81.1 Å². The van der Waals surface area contributed by atoms with Crippen molar-refractivity contribution in [1.82, 2.24) is 16.0 Å². The molecule has 38 heteroatoms. The molecule has 6 saturated heterocycles. The molecule has 80 heavy (non-hydrogen) atoms. The van der Waals surface area contributed by atoms with E-state index in [1.807, 2.05) is 0 Å². The van der Waals surface area contributed by atoms with Gasteiger partial charge < -0.3 is 150 Å². The molecule has 3 amide bonds. The minimum Gasteiger partial charge on any atom is -0.394 e. The fourth-order valence-corrected chi connectivity index (χ4v) is 10.1. The summed E-state index contributed by atoms with van der Waals surface area (Å²) >= 11 is 0. The van der Waals surface area contributed by atoms with Crippen LogP contribution in [0.2, 0.25) is 0 Å². The van der Waals surface area contributed by atoms with Crippen LogP contribution in [0.25, 0.3) is 0 Å². The smallest absolute Gasteiger partial charge is 0.394 e. The third-order valence-electron chi connectivity index (χ3n) is 13.8. The van der Waals surface area contributed by atoms with Crippen molar-refractivity contribution >= 4 is 28.1 Å². The summed E-state index contributed by atoms with van der Waals surface area (Å²) in [4.78, 5) is 37.3. The predicted molar refractivity (Wildman–Crippen MR) is 244 cm³/mol. The molecule has 30 atom stereocenters. The molecule has 37 nitrogen and oxygen atoms in total. The van der Waals surface area contributed by atoms with Gasteiger partial charge in [-0.3, -0.25) is 18.9 Å². The van der Waals surface area contributed by atoms with E-state index >= 15 is 0 Å². The maximum atomic E-state index is 12.6. The first-order valence-electron chi connectivity index (χ1n) is 24.8. The highest BCUT2D eigenvalue weighted by Gasteiger charge is 2.57. The predicted octanol–water partition coefficient (Wildman–Crippen LogP) is -13.8. The van der Waals surface area contributed by atoms with Crippen molar-refractivity contribution in [2.45, 2.75) is 205 Å². The largest absolute Gasteiger partial charge is 0.397 e. The Morgan fingerprint density at radius 1 is 0.388 bits per heavy atom. The molecular weight excluding hydrogens is 1120 g/mol. The first-order valence-corrected chi connectivity index (χ1v) is 26.1. The molecular formula is C42H71N3O34S. The van der Waals surface area contributed by atoms with Gasteiger partial charge in [0.15, 0.2) is 37.7 Å². The lowest BCUT2D eigenvalue weighted by molar-refractivity contribution is -0.378. The lowest BCUT2D eigenvalue weighted by Gasteiger charge is -2.50. The van der Waals surface area contributed by atoms with Gasteiger partial charge in [0, 0.05) is 20.8 Å². The first kappa shape index (κ1) is 66.3. The minimum absolute atomic E-state index is 0.830. The van der Waals surface area contributed by atoms with Crippen molar-refractivity contribution in [2.24, 2.45) is 0 Å². The van der Waals surface area contributed by atoms with E-state index < -0.39 is 252 Å². The van der Waals surface area contributed by atoms with Crippen LogP contribution in [0.1, 0.15) is 20.8 Å². The molecule has 0 aromatic rings.